The molecule has 0 unspecified atom stereocenters. The molecular weight excluding hydrogens is 1230 g/mol. The van der Waals surface area contributed by atoms with Gasteiger partial charge < -0.3 is 51.7 Å². The number of likely N-dealkylation sites (N-methyl/N-ethyl adjacent to an activating group) is 1. The summed E-state index contributed by atoms with van der Waals surface area (Å²) in [6.45, 7) is 16.6. The number of piperazine rings is 3. The van der Waals surface area contributed by atoms with Crippen molar-refractivity contribution in [1.82, 2.24) is 73.8 Å². The molecule has 21 nitrogen and oxygen atoms in total. The quantitative estimate of drug-likeness (QED) is 0.170. The summed E-state index contributed by atoms with van der Waals surface area (Å²) in [6.07, 6.45) is 4.89. The van der Waals surface area contributed by atoms with E-state index in [1.54, 1.807) is 44.0 Å². The Balaban J connectivity index is 0.000000230. The minimum absolute atomic E-state index is 0. The molecule has 3 saturated heterocycles. The monoisotopic (exact) mass is 1270 g/mol. The van der Waals surface area contributed by atoms with Gasteiger partial charge in [-0.25, -0.2) is 28.1 Å². The molecule has 75 heavy (non-hydrogen) atoms. The van der Waals surface area contributed by atoms with Gasteiger partial charge in [0, 0.05) is 112 Å². The van der Waals surface area contributed by atoms with E-state index >= 15 is 0 Å². The number of hydrogen-bond donors (Lipinski definition) is 3. The normalized spacial score (nSPS) is 14.7. The predicted molar refractivity (Wildman–Crippen MR) is 294 cm³/mol. The number of nitrogens with zero attached hydrogens (tertiary/aromatic N) is 18. The second-order valence-corrected chi connectivity index (χ2v) is 18.9. The molecule has 3 radical (unpaired) electrons. The summed E-state index contributed by atoms with van der Waals surface area (Å²) in [4.78, 5) is 24.6. The number of nitrogens with one attached hydrogen (secondary N) is 1. The summed E-state index contributed by atoms with van der Waals surface area (Å²) >= 11 is 9.64. The van der Waals surface area contributed by atoms with Gasteiger partial charge in [-0.1, -0.05) is 0 Å². The van der Waals surface area contributed by atoms with Gasteiger partial charge in [0.15, 0.2) is 17.5 Å². The van der Waals surface area contributed by atoms with E-state index in [9.17, 15) is 18.2 Å². The number of hydrogen-bond acceptors (Lipinski definition) is 18. The van der Waals surface area contributed by atoms with Gasteiger partial charge in [0.2, 0.25) is 16.9 Å². The van der Waals surface area contributed by atoms with Crippen molar-refractivity contribution in [2.45, 2.75) is 6.82 Å². The van der Waals surface area contributed by atoms with Crippen LogP contribution in [0.3, 0.4) is 0 Å². The predicted octanol–water partition coefficient (Wildman–Crippen LogP) is 2.10. The molecule has 12 rings (SSSR count). The van der Waals surface area contributed by atoms with Crippen LogP contribution in [0.25, 0.3) is 50.0 Å². The van der Waals surface area contributed by atoms with Crippen LogP contribution in [0.5, 0.6) is 0 Å². The van der Waals surface area contributed by atoms with Crippen molar-refractivity contribution in [2.75, 3.05) is 107 Å². The fraction of sp³-hybridized carbons (Fsp3) is 0.349. The molecule has 0 atom stereocenters. The third-order valence-corrected chi connectivity index (χ3v) is 13.9. The minimum atomic E-state index is -0.462. The first-order valence-corrected chi connectivity index (χ1v) is 24.5. The third-order valence-electron chi connectivity index (χ3n) is 12.1. The van der Waals surface area contributed by atoms with E-state index < -0.39 is 7.05 Å². The maximum atomic E-state index is 13.9. The molecule has 3 aliphatic heterocycles. The van der Waals surface area contributed by atoms with Crippen molar-refractivity contribution < 1.29 is 52.9 Å². The average Bonchev–Trinajstić information content (AvgIpc) is 4.20. The molecule has 9 aromatic rings. The first kappa shape index (κ1) is 63.3. The van der Waals surface area contributed by atoms with Crippen LogP contribution in [-0.2, 0) is 0 Å². The summed E-state index contributed by atoms with van der Waals surface area (Å²) in [6, 6.07) is 9.39. The van der Waals surface area contributed by atoms with Gasteiger partial charge >= 0.3 is 36.6 Å². The molecule has 9 heterocycles. The van der Waals surface area contributed by atoms with E-state index in [2.05, 4.69) is 125 Å². The molecule has 389 valence electrons. The fourth-order valence-electron chi connectivity index (χ4n) is 8.45. The molecule has 32 heteroatoms. The largest absolute Gasteiger partial charge is 1.00 e. The molecule has 6 aromatic heterocycles. The molecule has 3 N–H and O–H groups in total. The Morgan fingerprint density at radius 2 is 0.867 bits per heavy atom. The van der Waals surface area contributed by atoms with Gasteiger partial charge in [0.1, 0.15) is 36.4 Å². The summed E-state index contributed by atoms with van der Waals surface area (Å²) in [7, 11) is 2.64. The molecule has 0 bridgehead atoms. The first-order chi connectivity index (χ1) is 34.4. The van der Waals surface area contributed by atoms with Crippen molar-refractivity contribution in [1.29, 1.82) is 5.26 Å². The number of aliphatic hydroxyl groups is 1. The summed E-state index contributed by atoms with van der Waals surface area (Å²) in [5.41, 5.74) is 6.10. The maximum absolute atomic E-state index is 13.9. The Hall–Kier alpha value is -4.28. The van der Waals surface area contributed by atoms with Crippen LogP contribution in [0.15, 0.2) is 68.8 Å². The van der Waals surface area contributed by atoms with Crippen LogP contribution in [0, 0.1) is 29.3 Å². The number of halogens is 8. The molecule has 3 aliphatic rings. The van der Waals surface area contributed by atoms with E-state index in [4.69, 9.17) is 16.9 Å². The van der Waals surface area contributed by atoms with E-state index in [1.165, 1.54) is 18.2 Å². The number of anilines is 3. The van der Waals surface area contributed by atoms with Crippen molar-refractivity contribution in [2.24, 2.45) is 0 Å². The van der Waals surface area contributed by atoms with Crippen molar-refractivity contribution in [3.8, 4) is 0 Å². The number of aliphatic hydroxyl groups excluding tert-OH is 1. The van der Waals surface area contributed by atoms with Gasteiger partial charge in [0.05, 0.1) is 46.5 Å². The van der Waals surface area contributed by atoms with Gasteiger partial charge in [-0.3, -0.25) is 13.2 Å². The number of benzene rings is 3. The Morgan fingerprint density at radius 3 is 1.19 bits per heavy atom. The van der Waals surface area contributed by atoms with Crippen LogP contribution < -0.4 is 49.6 Å². The fourth-order valence-corrected chi connectivity index (χ4v) is 9.44. The third kappa shape index (κ3) is 13.5. The molecule has 0 aliphatic carbocycles. The topological polar surface area (TPSA) is 222 Å². The standard InChI is InChI=1S/C14H15BBrFN6O.C14H14BrFN6.C13H12BrFN6.CN.CH4O.B.2ClH.Na/c1-15(24)22-4-2-21(3-5-22)13-14-20-18-8-23(14)12-6-9(16)10(17)7-11(12)19-13;1-20-2-4-21(5-3-20)13-14-19-17-8-22(14)12-6-9(15)10(16)7-11(12)18-13;14-8-5-11-10(6-9(8)15)18-12(13-19-17-7-21(11)13)20-3-1-16-2-4-20;2*1-2;;;;/h6-8,24H,2-5H2,1H3;6-8H,2-5H2,1H3;5-7,16H,1-4H2;;2H,1H3;;2*1H;/q;;;-1;;;;;+1. The molecule has 0 amide bonds. The molecule has 3 aromatic carbocycles. The molecular formula is C43H47B2Br3Cl2F3N19NaO2. The number of rotatable bonds is 4. The zero-order chi connectivity index (χ0) is 50.5. The maximum Gasteiger partial charge on any atom is 1.00 e. The van der Waals surface area contributed by atoms with Crippen LogP contribution in [0.2, 0.25) is 6.82 Å². The average molecular weight is 1270 g/mol. The number of fused-ring (bicyclic) bond motifs is 9. The Bertz CT molecular complexity index is 3370. The van der Waals surface area contributed by atoms with E-state index in [-0.39, 0.29) is 80.2 Å². The second kappa shape index (κ2) is 28.4. The van der Waals surface area contributed by atoms with E-state index in [0.717, 1.165) is 101 Å². The summed E-state index contributed by atoms with van der Waals surface area (Å²) in [5, 5.41) is 50.8. The number of aromatic nitrogens is 12. The summed E-state index contributed by atoms with van der Waals surface area (Å²) in [5.74, 6) is 1.20. The van der Waals surface area contributed by atoms with Crippen molar-refractivity contribution in [3.63, 3.8) is 0 Å². The van der Waals surface area contributed by atoms with Gasteiger partial charge in [-0.2, -0.15) is 0 Å². The SMILES string of the molecule is CB(O)N1CCN(c2nc3cc(F)c(Br)cc3n3cnnc23)CC1.CN1CCN(c2nc3cc(F)c(Br)cc3n3cnnc23)CC1.CO.Cl.Cl.Fc1cc2nc(N3CCNCC3)c3nncn3c2cc1Br.[B].[C-]#N.[Na+]. The van der Waals surface area contributed by atoms with Crippen LogP contribution in [0.1, 0.15) is 0 Å². The van der Waals surface area contributed by atoms with Crippen LogP contribution in [0.4, 0.5) is 30.6 Å². The van der Waals surface area contributed by atoms with Crippen LogP contribution >= 0.6 is 72.6 Å². The molecule has 0 spiro atoms. The van der Waals surface area contributed by atoms with Gasteiger partial charge in [-0.05, 0) is 79.9 Å². The van der Waals surface area contributed by atoms with E-state index in [1.807, 2.05) is 18.0 Å². The van der Waals surface area contributed by atoms with Crippen LogP contribution in [-0.4, -0.2) is 187 Å². The molecule has 3 fully saturated rings. The first-order valence-electron chi connectivity index (χ1n) is 22.1. The van der Waals surface area contributed by atoms with E-state index in [0.29, 0.717) is 65.8 Å². The Kier molecular flexibility index (Phi) is 23.9. The zero-order valence-electron chi connectivity index (χ0n) is 40.9. The second-order valence-electron chi connectivity index (χ2n) is 16.3. The molecule has 0 saturated carbocycles. The Labute approximate surface area is 490 Å². The minimum Gasteiger partial charge on any atom is -0.512 e. The zero-order valence-corrected chi connectivity index (χ0v) is 49.3. The Morgan fingerprint density at radius 1 is 0.560 bits per heavy atom. The smallest absolute Gasteiger partial charge is 0.512 e. The van der Waals surface area contributed by atoms with Gasteiger partial charge in [-0.15, -0.1) is 55.4 Å². The van der Waals surface area contributed by atoms with Gasteiger partial charge in [0.25, 0.3) is 0 Å². The van der Waals surface area contributed by atoms with Crippen molar-refractivity contribution >= 4 is 156 Å². The summed E-state index contributed by atoms with van der Waals surface area (Å²) < 4.78 is 48.3. The van der Waals surface area contributed by atoms with Crippen molar-refractivity contribution in [3.05, 3.63) is 92.8 Å².